The first kappa shape index (κ1) is 18.3. The fourth-order valence-corrected chi connectivity index (χ4v) is 3.55. The number of benzene rings is 1. The molecule has 1 amide bonds. The summed E-state index contributed by atoms with van der Waals surface area (Å²) >= 11 is 7.26. The lowest BCUT2D eigenvalue weighted by Gasteiger charge is -2.36. The Morgan fingerprint density at radius 1 is 1.35 bits per heavy atom. The van der Waals surface area contributed by atoms with Gasteiger partial charge in [-0.2, -0.15) is 5.26 Å². The molecule has 0 saturated carbocycles. The molecule has 134 valence electrons. The molecule has 0 aliphatic carbocycles. The van der Waals surface area contributed by atoms with Gasteiger partial charge in [0, 0.05) is 36.9 Å². The lowest BCUT2D eigenvalue weighted by Crippen LogP contribution is -2.49. The predicted octanol–water partition coefficient (Wildman–Crippen LogP) is 2.02. The van der Waals surface area contributed by atoms with Gasteiger partial charge in [0.15, 0.2) is 5.16 Å². The Labute approximate surface area is 160 Å². The molecule has 0 bridgehead atoms. The summed E-state index contributed by atoms with van der Waals surface area (Å²) in [5.41, 5.74) is 6.97. The van der Waals surface area contributed by atoms with Crippen LogP contribution in [0.4, 0.5) is 11.5 Å². The van der Waals surface area contributed by atoms with Crippen LogP contribution >= 0.6 is 23.4 Å². The van der Waals surface area contributed by atoms with Gasteiger partial charge in [-0.3, -0.25) is 4.79 Å². The number of carbonyl (C=O) groups excluding carboxylic acids is 1. The number of amides is 1. The van der Waals surface area contributed by atoms with E-state index in [2.05, 4.69) is 14.9 Å². The molecule has 0 atom stereocenters. The molecule has 2 aromatic rings. The van der Waals surface area contributed by atoms with Crippen LogP contribution in [0, 0.1) is 11.3 Å². The lowest BCUT2D eigenvalue weighted by molar-refractivity contribution is -0.128. The van der Waals surface area contributed by atoms with E-state index in [1.54, 1.807) is 0 Å². The quantitative estimate of drug-likeness (QED) is 0.631. The summed E-state index contributed by atoms with van der Waals surface area (Å²) in [5.74, 6) is 0.405. The van der Waals surface area contributed by atoms with Crippen LogP contribution in [0.5, 0.6) is 0 Å². The topological polar surface area (TPSA) is 99.1 Å². The lowest BCUT2D eigenvalue weighted by atomic mass is 10.2. The third kappa shape index (κ3) is 4.36. The number of hydrogen-bond acceptors (Lipinski definition) is 7. The molecule has 1 aliphatic rings. The number of hydrogen-bond donors (Lipinski definition) is 1. The summed E-state index contributed by atoms with van der Waals surface area (Å²) in [6.45, 7) is 2.83. The van der Waals surface area contributed by atoms with Gasteiger partial charge in [0.25, 0.3) is 0 Å². The Balaban J connectivity index is 1.51. The molecule has 3 rings (SSSR count). The number of rotatable bonds is 4. The van der Waals surface area contributed by atoms with E-state index in [1.807, 2.05) is 35.2 Å². The van der Waals surface area contributed by atoms with Crippen LogP contribution in [0.15, 0.2) is 35.6 Å². The highest BCUT2D eigenvalue weighted by Crippen LogP contribution is 2.21. The fourth-order valence-electron chi connectivity index (χ4n) is 2.64. The van der Waals surface area contributed by atoms with Gasteiger partial charge in [-0.05, 0) is 18.2 Å². The molecule has 0 unspecified atom stereocenters. The largest absolute Gasteiger partial charge is 0.382 e. The molecule has 2 N–H and O–H groups in total. The Hall–Kier alpha value is -2.50. The smallest absolute Gasteiger partial charge is 0.233 e. The van der Waals surface area contributed by atoms with Gasteiger partial charge in [0.2, 0.25) is 5.91 Å². The van der Waals surface area contributed by atoms with Crippen molar-refractivity contribution < 1.29 is 4.79 Å². The number of anilines is 2. The number of nitrogens with two attached hydrogens (primary N) is 1. The summed E-state index contributed by atoms with van der Waals surface area (Å²) in [6.07, 6.45) is 1.37. The van der Waals surface area contributed by atoms with Crippen LogP contribution in [0.1, 0.15) is 5.56 Å². The van der Waals surface area contributed by atoms with Gasteiger partial charge < -0.3 is 15.5 Å². The maximum atomic E-state index is 12.4. The summed E-state index contributed by atoms with van der Waals surface area (Å²) in [7, 11) is 0. The average Bonchev–Trinajstić information content (AvgIpc) is 2.66. The van der Waals surface area contributed by atoms with Gasteiger partial charge in [0.05, 0.1) is 11.9 Å². The van der Waals surface area contributed by atoms with Crippen molar-refractivity contribution in [2.45, 2.75) is 5.16 Å². The summed E-state index contributed by atoms with van der Waals surface area (Å²) in [5, 5.41) is 9.93. The Morgan fingerprint density at radius 2 is 2.12 bits per heavy atom. The van der Waals surface area contributed by atoms with E-state index in [0.717, 1.165) is 18.8 Å². The SMILES string of the molecule is N#Cc1cnc(SCC(=O)N2CCN(c3cccc(Cl)c3)CC2)nc1N. The van der Waals surface area contributed by atoms with E-state index in [1.165, 1.54) is 18.0 Å². The molecule has 1 saturated heterocycles. The van der Waals surface area contributed by atoms with Gasteiger partial charge in [-0.15, -0.1) is 0 Å². The average molecular weight is 389 g/mol. The van der Waals surface area contributed by atoms with Crippen molar-refractivity contribution in [2.24, 2.45) is 0 Å². The van der Waals surface area contributed by atoms with Crippen molar-refractivity contribution in [2.75, 3.05) is 42.6 Å². The number of nitrogens with zero attached hydrogens (tertiary/aromatic N) is 5. The molecule has 1 aromatic carbocycles. The highest BCUT2D eigenvalue weighted by Gasteiger charge is 2.21. The molecule has 1 fully saturated rings. The number of nitriles is 1. The zero-order chi connectivity index (χ0) is 18.5. The second-order valence-electron chi connectivity index (χ2n) is 5.70. The second kappa shape index (κ2) is 8.25. The van der Waals surface area contributed by atoms with Crippen molar-refractivity contribution in [3.63, 3.8) is 0 Å². The maximum absolute atomic E-state index is 12.4. The first-order valence-corrected chi connectivity index (χ1v) is 9.37. The van der Waals surface area contributed by atoms with Gasteiger partial charge in [-0.25, -0.2) is 9.97 Å². The monoisotopic (exact) mass is 388 g/mol. The van der Waals surface area contributed by atoms with Gasteiger partial charge in [0.1, 0.15) is 17.5 Å². The maximum Gasteiger partial charge on any atom is 0.233 e. The highest BCUT2D eigenvalue weighted by atomic mass is 35.5. The van der Waals surface area contributed by atoms with Crippen molar-refractivity contribution in [3.8, 4) is 6.07 Å². The van der Waals surface area contributed by atoms with Gasteiger partial charge >= 0.3 is 0 Å². The molecule has 0 radical (unpaired) electrons. The third-order valence-corrected chi connectivity index (χ3v) is 5.13. The number of thioether (sulfide) groups is 1. The molecule has 1 aliphatic heterocycles. The van der Waals surface area contributed by atoms with E-state index in [9.17, 15) is 4.79 Å². The van der Waals surface area contributed by atoms with Crippen molar-refractivity contribution in [1.82, 2.24) is 14.9 Å². The molecular formula is C17H17ClN6OS. The summed E-state index contributed by atoms with van der Waals surface area (Å²) in [6, 6.07) is 9.64. The number of carbonyl (C=O) groups is 1. The van der Waals surface area contributed by atoms with Crippen molar-refractivity contribution >= 4 is 40.8 Å². The van der Waals surface area contributed by atoms with Crippen LogP contribution in [0.2, 0.25) is 5.02 Å². The van der Waals surface area contributed by atoms with Crippen LogP contribution in [-0.4, -0.2) is 52.7 Å². The number of nitrogen functional groups attached to an aromatic ring is 1. The van der Waals surface area contributed by atoms with Crippen LogP contribution in [0.25, 0.3) is 0 Å². The predicted molar refractivity (Wildman–Crippen MR) is 102 cm³/mol. The molecular weight excluding hydrogens is 372 g/mol. The Kier molecular flexibility index (Phi) is 5.81. The zero-order valence-electron chi connectivity index (χ0n) is 13.9. The Bertz CT molecular complexity index is 847. The van der Waals surface area contributed by atoms with Crippen molar-refractivity contribution in [3.05, 3.63) is 41.0 Å². The fraction of sp³-hybridized carbons (Fsp3) is 0.294. The van der Waals surface area contributed by atoms with Crippen LogP contribution < -0.4 is 10.6 Å². The number of piperazine rings is 1. The Morgan fingerprint density at radius 3 is 2.77 bits per heavy atom. The van der Waals surface area contributed by atoms with Crippen LogP contribution in [-0.2, 0) is 4.79 Å². The van der Waals surface area contributed by atoms with E-state index >= 15 is 0 Å². The molecule has 1 aromatic heterocycles. The minimum Gasteiger partial charge on any atom is -0.382 e. The molecule has 0 spiro atoms. The summed E-state index contributed by atoms with van der Waals surface area (Å²) < 4.78 is 0. The van der Waals surface area contributed by atoms with E-state index in [4.69, 9.17) is 22.6 Å². The zero-order valence-corrected chi connectivity index (χ0v) is 15.5. The van der Waals surface area contributed by atoms with E-state index < -0.39 is 0 Å². The molecule has 9 heteroatoms. The molecule has 7 nitrogen and oxygen atoms in total. The van der Waals surface area contributed by atoms with Gasteiger partial charge in [-0.1, -0.05) is 29.4 Å². The van der Waals surface area contributed by atoms with Crippen LogP contribution in [0.3, 0.4) is 0 Å². The first-order valence-electron chi connectivity index (χ1n) is 8.00. The standard InChI is InChI=1S/C17H17ClN6OS/c18-13-2-1-3-14(8-13)23-4-6-24(7-5-23)15(25)11-26-17-21-10-12(9-19)16(20)22-17/h1-3,8,10H,4-7,11H2,(H2,20,21,22). The minimum absolute atomic E-state index is 0.0345. The normalized spacial score (nSPS) is 14.2. The number of halogens is 1. The highest BCUT2D eigenvalue weighted by molar-refractivity contribution is 7.99. The van der Waals surface area contributed by atoms with E-state index in [0.29, 0.717) is 23.3 Å². The second-order valence-corrected chi connectivity index (χ2v) is 7.08. The minimum atomic E-state index is 0.0345. The number of aromatic nitrogens is 2. The van der Waals surface area contributed by atoms with E-state index in [-0.39, 0.29) is 23.0 Å². The van der Waals surface area contributed by atoms with Crippen molar-refractivity contribution in [1.29, 1.82) is 5.26 Å². The summed E-state index contributed by atoms with van der Waals surface area (Å²) in [4.78, 5) is 24.5. The first-order chi connectivity index (χ1) is 12.6. The third-order valence-electron chi connectivity index (χ3n) is 4.05. The molecule has 26 heavy (non-hydrogen) atoms. The molecule has 2 heterocycles.